The lowest BCUT2D eigenvalue weighted by atomic mass is 10.3. The molecular formula is C20H17N5O3. The van der Waals surface area contributed by atoms with E-state index in [-0.39, 0.29) is 12.2 Å². The highest BCUT2D eigenvalue weighted by Crippen LogP contribution is 2.14. The van der Waals surface area contributed by atoms with Gasteiger partial charge in [-0.1, -0.05) is 36.4 Å². The first-order chi connectivity index (χ1) is 13.6. The number of rotatable bonds is 6. The van der Waals surface area contributed by atoms with Crippen molar-refractivity contribution in [2.75, 3.05) is 18.1 Å². The molecule has 0 aliphatic rings. The summed E-state index contributed by atoms with van der Waals surface area (Å²) in [6.45, 7) is 0.980. The maximum atomic E-state index is 12.4. The Morgan fingerprint density at radius 1 is 1.07 bits per heavy atom. The average molecular weight is 375 g/mol. The fraction of sp³-hybridized carbons (Fsp3) is 0.150. The molecule has 28 heavy (non-hydrogen) atoms. The highest BCUT2D eigenvalue weighted by atomic mass is 16.5. The van der Waals surface area contributed by atoms with Crippen molar-refractivity contribution in [1.29, 1.82) is 5.26 Å². The zero-order valence-electron chi connectivity index (χ0n) is 15.1. The summed E-state index contributed by atoms with van der Waals surface area (Å²) in [4.78, 5) is 27.4. The van der Waals surface area contributed by atoms with Crippen molar-refractivity contribution in [3.05, 3.63) is 72.1 Å². The van der Waals surface area contributed by atoms with Gasteiger partial charge in [0.25, 0.3) is 5.91 Å². The van der Waals surface area contributed by atoms with Crippen LogP contribution in [-0.4, -0.2) is 40.0 Å². The zero-order chi connectivity index (χ0) is 19.9. The van der Waals surface area contributed by atoms with Crippen LogP contribution in [0.15, 0.2) is 60.7 Å². The van der Waals surface area contributed by atoms with Gasteiger partial charge in [0, 0.05) is 5.69 Å². The number of hydrogen-bond donors (Lipinski definition) is 0. The van der Waals surface area contributed by atoms with Gasteiger partial charge < -0.3 is 4.74 Å². The highest BCUT2D eigenvalue weighted by Gasteiger charge is 2.21. The number of aromatic nitrogens is 3. The Kier molecular flexibility index (Phi) is 5.77. The number of nitrogens with zero attached hydrogens (tertiary/aromatic N) is 5. The first-order valence-corrected chi connectivity index (χ1v) is 8.49. The Morgan fingerprint density at radius 3 is 2.36 bits per heavy atom. The predicted molar refractivity (Wildman–Crippen MR) is 101 cm³/mol. The lowest BCUT2D eigenvalue weighted by Crippen LogP contribution is -2.35. The van der Waals surface area contributed by atoms with Crippen LogP contribution in [0.25, 0.3) is 5.69 Å². The molecule has 0 aliphatic carbocycles. The van der Waals surface area contributed by atoms with Crippen molar-refractivity contribution in [2.24, 2.45) is 0 Å². The minimum absolute atomic E-state index is 0.0307. The fourth-order valence-electron chi connectivity index (χ4n) is 2.52. The molecule has 0 saturated heterocycles. The molecule has 3 rings (SSSR count). The molecular weight excluding hydrogens is 358 g/mol. The maximum Gasteiger partial charge on any atom is 0.361 e. The summed E-state index contributed by atoms with van der Waals surface area (Å²) < 4.78 is 5.11. The summed E-state index contributed by atoms with van der Waals surface area (Å²) in [6.07, 6.45) is 0. The Hall–Kier alpha value is -3.99. The second-order valence-corrected chi connectivity index (χ2v) is 5.81. The Labute approximate surface area is 161 Å². The van der Waals surface area contributed by atoms with E-state index in [1.807, 2.05) is 24.3 Å². The lowest BCUT2D eigenvalue weighted by molar-refractivity contribution is -0.121. The van der Waals surface area contributed by atoms with E-state index >= 15 is 0 Å². The van der Waals surface area contributed by atoms with Crippen LogP contribution in [-0.2, 0) is 9.53 Å². The van der Waals surface area contributed by atoms with Crippen LogP contribution >= 0.6 is 0 Å². The SMILES string of the molecule is Cc1nn(-c2ccccc2)nc1C(=O)OCC(=O)N(CC#N)c1ccccc1. The van der Waals surface area contributed by atoms with E-state index < -0.39 is 18.5 Å². The van der Waals surface area contributed by atoms with Crippen molar-refractivity contribution in [3.8, 4) is 11.8 Å². The summed E-state index contributed by atoms with van der Waals surface area (Å²) >= 11 is 0. The van der Waals surface area contributed by atoms with Gasteiger partial charge in [0.05, 0.1) is 17.5 Å². The van der Waals surface area contributed by atoms with Crippen LogP contribution in [0, 0.1) is 18.3 Å². The minimum Gasteiger partial charge on any atom is -0.451 e. The normalized spacial score (nSPS) is 10.1. The molecule has 0 fully saturated rings. The molecule has 8 heteroatoms. The van der Waals surface area contributed by atoms with Gasteiger partial charge in [0.1, 0.15) is 6.54 Å². The second-order valence-electron chi connectivity index (χ2n) is 5.81. The Bertz CT molecular complexity index is 1010. The number of para-hydroxylation sites is 2. The van der Waals surface area contributed by atoms with Gasteiger partial charge in [0.15, 0.2) is 12.3 Å². The van der Waals surface area contributed by atoms with Crippen LogP contribution in [0.2, 0.25) is 0 Å². The van der Waals surface area contributed by atoms with Gasteiger partial charge in [-0.05, 0) is 31.2 Å². The number of anilines is 1. The molecule has 0 radical (unpaired) electrons. The molecule has 1 amide bonds. The fourth-order valence-corrected chi connectivity index (χ4v) is 2.52. The molecule has 1 aromatic heterocycles. The molecule has 2 aromatic carbocycles. The van der Waals surface area contributed by atoms with E-state index in [9.17, 15) is 9.59 Å². The molecule has 0 bridgehead atoms. The third-order valence-corrected chi connectivity index (χ3v) is 3.89. The van der Waals surface area contributed by atoms with Crippen molar-refractivity contribution < 1.29 is 14.3 Å². The smallest absolute Gasteiger partial charge is 0.361 e. The molecule has 0 saturated carbocycles. The van der Waals surface area contributed by atoms with Crippen LogP contribution < -0.4 is 4.90 Å². The molecule has 140 valence electrons. The number of aryl methyl sites for hydroxylation is 1. The van der Waals surface area contributed by atoms with Gasteiger partial charge in [-0.25, -0.2) is 4.79 Å². The molecule has 0 N–H and O–H groups in total. The molecule has 3 aromatic rings. The number of esters is 1. The molecule has 0 atom stereocenters. The molecule has 0 spiro atoms. The number of carbonyl (C=O) groups is 2. The number of nitriles is 1. The molecule has 0 aliphatic heterocycles. The Morgan fingerprint density at radius 2 is 1.71 bits per heavy atom. The van der Waals surface area contributed by atoms with Crippen molar-refractivity contribution in [1.82, 2.24) is 15.0 Å². The third-order valence-electron chi connectivity index (χ3n) is 3.89. The Balaban J connectivity index is 1.69. The van der Waals surface area contributed by atoms with Crippen molar-refractivity contribution in [3.63, 3.8) is 0 Å². The van der Waals surface area contributed by atoms with Crippen molar-refractivity contribution >= 4 is 17.6 Å². The second kappa shape index (κ2) is 8.60. The molecule has 8 nitrogen and oxygen atoms in total. The van der Waals surface area contributed by atoms with E-state index in [4.69, 9.17) is 10.00 Å². The summed E-state index contributed by atoms with van der Waals surface area (Å²) in [5.41, 5.74) is 1.67. The predicted octanol–water partition coefficient (Wildman–Crippen LogP) is 2.29. The number of amides is 1. The number of carbonyl (C=O) groups excluding carboxylic acids is 2. The first kappa shape index (κ1) is 18.8. The topological polar surface area (TPSA) is 101 Å². The van der Waals surface area contributed by atoms with Crippen molar-refractivity contribution in [2.45, 2.75) is 6.92 Å². The largest absolute Gasteiger partial charge is 0.451 e. The van der Waals surface area contributed by atoms with E-state index in [1.54, 1.807) is 49.4 Å². The minimum atomic E-state index is -0.752. The zero-order valence-corrected chi connectivity index (χ0v) is 15.1. The average Bonchev–Trinajstić information content (AvgIpc) is 3.13. The standard InChI is InChI=1S/C20H17N5O3/c1-15-19(23-25(22-15)17-10-6-3-7-11-17)20(27)28-14-18(26)24(13-12-21)16-8-4-2-5-9-16/h2-11H,13-14H2,1H3. The van der Waals surface area contributed by atoms with Crippen LogP contribution in [0.4, 0.5) is 5.69 Å². The highest BCUT2D eigenvalue weighted by molar-refractivity contribution is 5.97. The summed E-state index contributed by atoms with van der Waals surface area (Å²) in [5, 5.41) is 17.3. The van der Waals surface area contributed by atoms with Gasteiger partial charge in [-0.2, -0.15) is 15.2 Å². The monoisotopic (exact) mass is 375 g/mol. The number of benzene rings is 2. The maximum absolute atomic E-state index is 12.4. The number of ether oxygens (including phenoxy) is 1. The van der Waals surface area contributed by atoms with Gasteiger partial charge in [0.2, 0.25) is 0 Å². The van der Waals surface area contributed by atoms with E-state index in [0.29, 0.717) is 17.1 Å². The summed E-state index contributed by atoms with van der Waals surface area (Å²) in [6, 6.07) is 19.8. The summed E-state index contributed by atoms with van der Waals surface area (Å²) in [5.74, 6) is -1.26. The quantitative estimate of drug-likeness (QED) is 0.484. The van der Waals surface area contributed by atoms with E-state index in [0.717, 1.165) is 0 Å². The van der Waals surface area contributed by atoms with Gasteiger partial charge in [-0.15, -0.1) is 5.10 Å². The van der Waals surface area contributed by atoms with Gasteiger partial charge >= 0.3 is 5.97 Å². The van der Waals surface area contributed by atoms with Crippen LogP contribution in [0.3, 0.4) is 0 Å². The van der Waals surface area contributed by atoms with E-state index in [2.05, 4.69) is 10.2 Å². The van der Waals surface area contributed by atoms with E-state index in [1.165, 1.54) is 9.70 Å². The third kappa shape index (κ3) is 4.22. The number of hydrogen-bond acceptors (Lipinski definition) is 6. The van der Waals surface area contributed by atoms with Gasteiger partial charge in [-0.3, -0.25) is 9.69 Å². The lowest BCUT2D eigenvalue weighted by Gasteiger charge is -2.19. The van der Waals surface area contributed by atoms with Crippen LogP contribution in [0.1, 0.15) is 16.2 Å². The first-order valence-electron chi connectivity index (χ1n) is 8.49. The molecule has 0 unspecified atom stereocenters. The summed E-state index contributed by atoms with van der Waals surface area (Å²) in [7, 11) is 0. The van der Waals surface area contributed by atoms with Crippen LogP contribution in [0.5, 0.6) is 0 Å². The molecule has 1 heterocycles.